The number of benzene rings is 1. The molecule has 5 nitrogen and oxygen atoms in total. The Morgan fingerprint density at radius 2 is 1.94 bits per heavy atom. The quantitative estimate of drug-likeness (QED) is 0.359. The molecule has 1 amide bonds. The summed E-state index contributed by atoms with van der Waals surface area (Å²) in [6.07, 6.45) is 4.96. The number of amides is 1. The zero-order valence-corrected chi connectivity index (χ0v) is 21.6. The Bertz CT molecular complexity index is 998. The van der Waals surface area contributed by atoms with Crippen molar-refractivity contribution in [3.8, 4) is 0 Å². The zero-order chi connectivity index (χ0) is 24.0. The van der Waals surface area contributed by atoms with Crippen LogP contribution in [0.1, 0.15) is 73.3 Å². The lowest BCUT2D eigenvalue weighted by molar-refractivity contribution is -0.119. The SMILES string of the molecule is CCOC(=O)c1c(NC(=S)NC(=O)CCc2ccccc2)sc2c1CCC(C(C)(C)CC)C2. The number of esters is 1. The molecule has 1 aromatic carbocycles. The summed E-state index contributed by atoms with van der Waals surface area (Å²) < 4.78 is 5.36. The molecule has 2 N–H and O–H groups in total. The first kappa shape index (κ1) is 25.4. The first-order valence-electron chi connectivity index (χ1n) is 11.7. The van der Waals surface area contributed by atoms with Crippen molar-refractivity contribution >= 4 is 45.5 Å². The van der Waals surface area contributed by atoms with Crippen molar-refractivity contribution in [3.63, 3.8) is 0 Å². The Hall–Kier alpha value is -2.25. The number of aryl methyl sites for hydroxylation is 1. The van der Waals surface area contributed by atoms with E-state index in [1.807, 2.05) is 30.3 Å². The number of hydrogen-bond donors (Lipinski definition) is 2. The number of fused-ring (bicyclic) bond motifs is 1. The minimum absolute atomic E-state index is 0.153. The molecule has 2 aromatic rings. The van der Waals surface area contributed by atoms with Crippen LogP contribution in [0.25, 0.3) is 0 Å². The average Bonchev–Trinajstić information content (AvgIpc) is 3.15. The highest BCUT2D eigenvalue weighted by Crippen LogP contribution is 2.45. The van der Waals surface area contributed by atoms with Crippen LogP contribution in [0.2, 0.25) is 0 Å². The van der Waals surface area contributed by atoms with Crippen LogP contribution in [0.5, 0.6) is 0 Å². The van der Waals surface area contributed by atoms with E-state index in [1.54, 1.807) is 18.3 Å². The van der Waals surface area contributed by atoms with Crippen LogP contribution in [0.4, 0.5) is 5.00 Å². The Balaban J connectivity index is 1.71. The minimum atomic E-state index is -0.330. The van der Waals surface area contributed by atoms with E-state index in [9.17, 15) is 9.59 Å². The zero-order valence-electron chi connectivity index (χ0n) is 20.0. The number of ether oxygens (including phenoxy) is 1. The second-order valence-corrected chi connectivity index (χ2v) is 10.7. The molecule has 0 fully saturated rings. The van der Waals surface area contributed by atoms with Crippen molar-refractivity contribution in [2.24, 2.45) is 11.3 Å². The number of thiophene rings is 1. The molecule has 1 unspecified atom stereocenters. The summed E-state index contributed by atoms with van der Waals surface area (Å²) in [6.45, 7) is 9.00. The summed E-state index contributed by atoms with van der Waals surface area (Å²) in [6, 6.07) is 9.87. The third-order valence-electron chi connectivity index (χ3n) is 6.72. The number of carbonyl (C=O) groups excluding carboxylic acids is 2. The van der Waals surface area contributed by atoms with Gasteiger partial charge in [-0.1, -0.05) is 57.5 Å². The van der Waals surface area contributed by atoms with E-state index < -0.39 is 0 Å². The Labute approximate surface area is 206 Å². The molecule has 0 radical (unpaired) electrons. The second-order valence-electron chi connectivity index (χ2n) is 9.20. The van der Waals surface area contributed by atoms with E-state index in [-0.39, 0.29) is 22.4 Å². The number of thiocarbonyl (C=S) groups is 1. The van der Waals surface area contributed by atoms with Crippen molar-refractivity contribution in [2.45, 2.75) is 66.2 Å². The van der Waals surface area contributed by atoms with Crippen LogP contribution >= 0.6 is 23.6 Å². The molecule has 178 valence electrons. The molecule has 1 aromatic heterocycles. The maximum Gasteiger partial charge on any atom is 0.341 e. The van der Waals surface area contributed by atoms with Gasteiger partial charge in [-0.15, -0.1) is 11.3 Å². The summed E-state index contributed by atoms with van der Waals surface area (Å²) in [4.78, 5) is 26.4. The van der Waals surface area contributed by atoms with Gasteiger partial charge in [0.1, 0.15) is 5.00 Å². The largest absolute Gasteiger partial charge is 0.462 e. The first-order valence-corrected chi connectivity index (χ1v) is 12.9. The number of nitrogens with one attached hydrogen (secondary N) is 2. The predicted octanol–water partition coefficient (Wildman–Crippen LogP) is 5.91. The van der Waals surface area contributed by atoms with Gasteiger partial charge in [0.15, 0.2) is 5.11 Å². The van der Waals surface area contributed by atoms with E-state index in [2.05, 4.69) is 31.4 Å². The van der Waals surface area contributed by atoms with Gasteiger partial charge in [-0.05, 0) is 67.3 Å². The van der Waals surface area contributed by atoms with E-state index in [0.29, 0.717) is 35.9 Å². The Morgan fingerprint density at radius 3 is 2.61 bits per heavy atom. The molecule has 3 rings (SSSR count). The molecule has 1 aliphatic carbocycles. The summed E-state index contributed by atoms with van der Waals surface area (Å²) in [5.74, 6) is 0.0882. The van der Waals surface area contributed by atoms with Crippen molar-refractivity contribution in [1.29, 1.82) is 0 Å². The summed E-state index contributed by atoms with van der Waals surface area (Å²) >= 11 is 6.97. The monoisotopic (exact) mass is 486 g/mol. The average molecular weight is 487 g/mol. The van der Waals surface area contributed by atoms with E-state index in [0.717, 1.165) is 36.8 Å². The number of hydrogen-bond acceptors (Lipinski definition) is 5. The number of anilines is 1. The highest BCUT2D eigenvalue weighted by atomic mass is 32.1. The lowest BCUT2D eigenvalue weighted by Gasteiger charge is -2.36. The topological polar surface area (TPSA) is 67.4 Å². The number of carbonyl (C=O) groups is 2. The van der Waals surface area contributed by atoms with E-state index in [1.165, 1.54) is 4.88 Å². The predicted molar refractivity (Wildman–Crippen MR) is 139 cm³/mol. The summed E-state index contributed by atoms with van der Waals surface area (Å²) in [5.41, 5.74) is 3.00. The molecule has 33 heavy (non-hydrogen) atoms. The van der Waals surface area contributed by atoms with Crippen molar-refractivity contribution < 1.29 is 14.3 Å². The fraction of sp³-hybridized carbons (Fsp3) is 0.500. The minimum Gasteiger partial charge on any atom is -0.462 e. The Morgan fingerprint density at radius 1 is 1.21 bits per heavy atom. The standard InChI is InChI=1S/C26H34N2O3S2/c1-5-26(3,4)18-13-14-19-20(16-18)33-23(22(19)24(30)31-6-2)28-25(32)27-21(29)15-12-17-10-8-7-9-11-17/h7-11,18H,5-6,12-16H2,1-4H3,(H2,27,28,29,32). The molecule has 7 heteroatoms. The highest BCUT2D eigenvalue weighted by molar-refractivity contribution is 7.80. The first-order chi connectivity index (χ1) is 15.7. The van der Waals surface area contributed by atoms with Gasteiger partial charge >= 0.3 is 5.97 Å². The molecule has 0 saturated carbocycles. The van der Waals surface area contributed by atoms with Gasteiger partial charge in [0.05, 0.1) is 12.2 Å². The second kappa shape index (κ2) is 11.3. The normalized spacial score (nSPS) is 15.5. The fourth-order valence-corrected chi connectivity index (χ4v) is 5.88. The molecule has 0 bridgehead atoms. The van der Waals surface area contributed by atoms with Gasteiger partial charge in [-0.2, -0.15) is 0 Å². The van der Waals surface area contributed by atoms with Crippen LogP contribution in [-0.4, -0.2) is 23.6 Å². The van der Waals surface area contributed by atoms with Gasteiger partial charge in [0.2, 0.25) is 5.91 Å². The molecule has 1 aliphatic rings. The molecule has 1 heterocycles. The lowest BCUT2D eigenvalue weighted by Crippen LogP contribution is -2.34. The van der Waals surface area contributed by atoms with Crippen molar-refractivity contribution in [1.82, 2.24) is 5.32 Å². The molecule has 1 atom stereocenters. The molecular formula is C26H34N2O3S2. The van der Waals surface area contributed by atoms with E-state index in [4.69, 9.17) is 17.0 Å². The van der Waals surface area contributed by atoms with E-state index >= 15 is 0 Å². The maximum atomic E-state index is 12.8. The van der Waals surface area contributed by atoms with Gasteiger partial charge in [0.25, 0.3) is 0 Å². The summed E-state index contributed by atoms with van der Waals surface area (Å²) in [7, 11) is 0. The van der Waals surface area contributed by atoms with Crippen molar-refractivity contribution in [2.75, 3.05) is 11.9 Å². The van der Waals surface area contributed by atoms with Gasteiger partial charge in [-0.3, -0.25) is 4.79 Å². The van der Waals surface area contributed by atoms with Crippen LogP contribution < -0.4 is 10.6 Å². The van der Waals surface area contributed by atoms with Crippen LogP contribution in [0, 0.1) is 11.3 Å². The van der Waals surface area contributed by atoms with Gasteiger partial charge < -0.3 is 15.4 Å². The smallest absolute Gasteiger partial charge is 0.341 e. The van der Waals surface area contributed by atoms with Crippen LogP contribution in [-0.2, 0) is 28.8 Å². The Kier molecular flexibility index (Phi) is 8.65. The highest BCUT2D eigenvalue weighted by Gasteiger charge is 2.35. The van der Waals surface area contributed by atoms with Gasteiger partial charge in [0, 0.05) is 11.3 Å². The van der Waals surface area contributed by atoms with Crippen LogP contribution in [0.15, 0.2) is 30.3 Å². The maximum absolute atomic E-state index is 12.8. The lowest BCUT2D eigenvalue weighted by atomic mass is 9.69. The third-order valence-corrected chi connectivity index (χ3v) is 8.10. The number of rotatable bonds is 8. The molecule has 0 aliphatic heterocycles. The molecular weight excluding hydrogens is 452 g/mol. The van der Waals surface area contributed by atoms with Gasteiger partial charge in [-0.25, -0.2) is 4.79 Å². The van der Waals surface area contributed by atoms with Crippen molar-refractivity contribution in [3.05, 3.63) is 51.9 Å². The summed E-state index contributed by atoms with van der Waals surface area (Å²) in [5, 5.41) is 6.76. The molecule has 0 saturated heterocycles. The molecule has 0 spiro atoms. The third kappa shape index (κ3) is 6.42. The van der Waals surface area contributed by atoms with Crippen LogP contribution in [0.3, 0.4) is 0 Å². The fourth-order valence-electron chi connectivity index (χ4n) is 4.27.